The molecule has 0 bridgehead atoms. The highest BCUT2D eigenvalue weighted by Crippen LogP contribution is 2.39. The first-order valence-corrected chi connectivity index (χ1v) is 5.77. The lowest BCUT2D eigenvalue weighted by atomic mass is 10.1. The number of nitrogen functional groups attached to an aromatic ring is 1. The Labute approximate surface area is 103 Å². The minimum Gasteiger partial charge on any atom is -0.505 e. The third kappa shape index (κ3) is 3.07. The van der Waals surface area contributed by atoms with E-state index in [0.29, 0.717) is 18.0 Å². The number of phenols is 1. The number of phenolic OH excluding ortho intramolecular Hbond substituents is 1. The molecule has 0 atom stereocenters. The van der Waals surface area contributed by atoms with Crippen molar-refractivity contribution in [2.75, 3.05) is 12.3 Å². The molecule has 0 radical (unpaired) electrons. The molecule has 18 heavy (non-hydrogen) atoms. The Balaban J connectivity index is 2.12. The molecule has 4 N–H and O–H groups in total. The Bertz CT molecular complexity index is 442. The van der Waals surface area contributed by atoms with Crippen molar-refractivity contribution in [1.29, 1.82) is 0 Å². The van der Waals surface area contributed by atoms with Crippen LogP contribution in [0.3, 0.4) is 0 Å². The van der Waals surface area contributed by atoms with Crippen molar-refractivity contribution >= 4 is 5.69 Å². The quantitative estimate of drug-likeness (QED) is 0.576. The van der Waals surface area contributed by atoms with Gasteiger partial charge in [-0.2, -0.15) is 13.2 Å². The van der Waals surface area contributed by atoms with Crippen molar-refractivity contribution in [3.05, 3.63) is 23.3 Å². The summed E-state index contributed by atoms with van der Waals surface area (Å²) in [5, 5.41) is 12.4. The summed E-state index contributed by atoms with van der Waals surface area (Å²) in [6.07, 6.45) is -2.23. The molecule has 100 valence electrons. The van der Waals surface area contributed by atoms with Gasteiger partial charge in [0.2, 0.25) is 0 Å². The van der Waals surface area contributed by atoms with Crippen LogP contribution in [-0.4, -0.2) is 11.7 Å². The molecule has 1 aliphatic rings. The fraction of sp³-hybridized carbons (Fsp3) is 0.500. The van der Waals surface area contributed by atoms with E-state index < -0.39 is 17.5 Å². The molecule has 0 saturated heterocycles. The van der Waals surface area contributed by atoms with E-state index in [4.69, 9.17) is 5.73 Å². The smallest absolute Gasteiger partial charge is 0.420 e. The zero-order valence-electron chi connectivity index (χ0n) is 9.72. The summed E-state index contributed by atoms with van der Waals surface area (Å²) in [5.41, 5.74) is 4.49. The summed E-state index contributed by atoms with van der Waals surface area (Å²) < 4.78 is 37.9. The molecule has 0 amide bonds. The van der Waals surface area contributed by atoms with Crippen LogP contribution in [0.15, 0.2) is 12.1 Å². The van der Waals surface area contributed by atoms with Gasteiger partial charge in [0.1, 0.15) is 0 Å². The molecule has 2 rings (SSSR count). The molecule has 1 aliphatic carbocycles. The molecule has 3 nitrogen and oxygen atoms in total. The van der Waals surface area contributed by atoms with E-state index in [9.17, 15) is 18.3 Å². The Morgan fingerprint density at radius 2 is 2.00 bits per heavy atom. The number of hydrogen-bond donors (Lipinski definition) is 3. The van der Waals surface area contributed by atoms with Crippen molar-refractivity contribution < 1.29 is 18.3 Å². The van der Waals surface area contributed by atoms with Crippen molar-refractivity contribution in [2.24, 2.45) is 5.92 Å². The van der Waals surface area contributed by atoms with E-state index in [1.54, 1.807) is 0 Å². The molecule has 1 saturated carbocycles. The summed E-state index contributed by atoms with van der Waals surface area (Å²) in [4.78, 5) is 0. The van der Waals surface area contributed by atoms with Crippen LogP contribution in [-0.2, 0) is 12.7 Å². The average Bonchev–Trinajstić information content (AvgIpc) is 3.05. The molecule has 1 aromatic carbocycles. The number of alkyl halides is 3. The summed E-state index contributed by atoms with van der Waals surface area (Å²) >= 11 is 0. The lowest BCUT2D eigenvalue weighted by Crippen LogP contribution is -2.17. The highest BCUT2D eigenvalue weighted by Gasteiger charge is 2.35. The maximum atomic E-state index is 12.6. The Morgan fingerprint density at radius 3 is 2.56 bits per heavy atom. The van der Waals surface area contributed by atoms with Crippen molar-refractivity contribution in [2.45, 2.75) is 25.6 Å². The van der Waals surface area contributed by atoms with Gasteiger partial charge >= 0.3 is 6.18 Å². The summed E-state index contributed by atoms with van der Waals surface area (Å²) in [6, 6.07) is 2.30. The second-order valence-electron chi connectivity index (χ2n) is 4.65. The van der Waals surface area contributed by atoms with Crippen LogP contribution in [0.1, 0.15) is 24.0 Å². The van der Waals surface area contributed by atoms with Gasteiger partial charge in [-0.1, -0.05) is 0 Å². The molecule has 1 aromatic rings. The fourth-order valence-electron chi connectivity index (χ4n) is 1.78. The molecule has 0 aromatic heterocycles. The van der Waals surface area contributed by atoms with Crippen LogP contribution in [0.4, 0.5) is 18.9 Å². The monoisotopic (exact) mass is 260 g/mol. The number of halogens is 3. The van der Waals surface area contributed by atoms with Gasteiger partial charge < -0.3 is 16.2 Å². The number of anilines is 1. The van der Waals surface area contributed by atoms with E-state index in [1.807, 2.05) is 0 Å². The molecule has 0 heterocycles. The van der Waals surface area contributed by atoms with Gasteiger partial charge in [-0.3, -0.25) is 0 Å². The Kier molecular flexibility index (Phi) is 3.38. The maximum Gasteiger partial charge on any atom is 0.420 e. The minimum absolute atomic E-state index is 0.243. The standard InChI is InChI=1S/C12H15F3N2O/c13-12(14,15)9-3-8(4-10(16)11(9)18)6-17-5-7-1-2-7/h3-4,7,17-18H,1-2,5-6,16H2. The molecule has 6 heteroatoms. The van der Waals surface area contributed by atoms with Crippen molar-refractivity contribution in [3.8, 4) is 5.75 Å². The number of hydrogen-bond acceptors (Lipinski definition) is 3. The number of rotatable bonds is 4. The number of benzene rings is 1. The average molecular weight is 260 g/mol. The van der Waals surface area contributed by atoms with Gasteiger partial charge in [0, 0.05) is 6.54 Å². The lowest BCUT2D eigenvalue weighted by Gasteiger charge is -2.13. The first-order chi connectivity index (χ1) is 8.38. The van der Waals surface area contributed by atoms with E-state index in [-0.39, 0.29) is 5.69 Å². The van der Waals surface area contributed by atoms with E-state index in [1.165, 1.54) is 18.9 Å². The lowest BCUT2D eigenvalue weighted by molar-refractivity contribution is -0.138. The van der Waals surface area contributed by atoms with Crippen LogP contribution in [0.25, 0.3) is 0 Å². The predicted molar refractivity (Wildman–Crippen MR) is 62.0 cm³/mol. The number of aromatic hydroxyl groups is 1. The predicted octanol–water partition coefficient (Wildman–Crippen LogP) is 2.49. The van der Waals surface area contributed by atoms with Crippen LogP contribution in [0, 0.1) is 5.92 Å². The van der Waals surface area contributed by atoms with E-state index in [2.05, 4.69) is 5.32 Å². The van der Waals surface area contributed by atoms with Crippen molar-refractivity contribution in [1.82, 2.24) is 5.32 Å². The van der Waals surface area contributed by atoms with Gasteiger partial charge in [-0.05, 0) is 43.0 Å². The molecule has 0 spiro atoms. The first-order valence-electron chi connectivity index (χ1n) is 5.77. The normalized spacial score (nSPS) is 15.9. The van der Waals surface area contributed by atoms with Crippen LogP contribution in [0.5, 0.6) is 5.75 Å². The molecule has 1 fully saturated rings. The summed E-state index contributed by atoms with van der Waals surface area (Å²) in [6.45, 7) is 1.13. The Morgan fingerprint density at radius 1 is 1.33 bits per heavy atom. The van der Waals surface area contributed by atoms with Crippen LogP contribution in [0.2, 0.25) is 0 Å². The molecular weight excluding hydrogens is 245 g/mol. The third-order valence-corrected chi connectivity index (χ3v) is 2.96. The van der Waals surface area contributed by atoms with E-state index >= 15 is 0 Å². The highest BCUT2D eigenvalue weighted by molar-refractivity contribution is 5.58. The number of nitrogens with two attached hydrogens (primary N) is 1. The molecule has 0 unspecified atom stereocenters. The SMILES string of the molecule is Nc1cc(CNCC2CC2)cc(C(F)(F)F)c1O. The minimum atomic E-state index is -4.59. The highest BCUT2D eigenvalue weighted by atomic mass is 19.4. The van der Waals surface area contributed by atoms with Gasteiger partial charge in [0.25, 0.3) is 0 Å². The van der Waals surface area contributed by atoms with Gasteiger partial charge in [-0.25, -0.2) is 0 Å². The topological polar surface area (TPSA) is 58.3 Å². The third-order valence-electron chi connectivity index (χ3n) is 2.96. The fourth-order valence-corrected chi connectivity index (χ4v) is 1.78. The summed E-state index contributed by atoms with van der Waals surface area (Å²) in [7, 11) is 0. The summed E-state index contributed by atoms with van der Waals surface area (Å²) in [5.74, 6) is -0.241. The second-order valence-corrected chi connectivity index (χ2v) is 4.65. The molecule has 0 aliphatic heterocycles. The number of nitrogens with one attached hydrogen (secondary N) is 1. The van der Waals surface area contributed by atoms with Gasteiger partial charge in [0.05, 0.1) is 11.3 Å². The second kappa shape index (κ2) is 4.68. The maximum absolute atomic E-state index is 12.6. The largest absolute Gasteiger partial charge is 0.505 e. The van der Waals surface area contributed by atoms with E-state index in [0.717, 1.165) is 12.6 Å². The van der Waals surface area contributed by atoms with Gasteiger partial charge in [-0.15, -0.1) is 0 Å². The van der Waals surface area contributed by atoms with Crippen LogP contribution < -0.4 is 11.1 Å². The zero-order chi connectivity index (χ0) is 13.3. The zero-order valence-corrected chi connectivity index (χ0v) is 9.72. The molecular formula is C12H15F3N2O. The van der Waals surface area contributed by atoms with Crippen LogP contribution >= 0.6 is 0 Å². The van der Waals surface area contributed by atoms with Gasteiger partial charge in [0.15, 0.2) is 5.75 Å². The first kappa shape index (κ1) is 13.0. The van der Waals surface area contributed by atoms with Crippen molar-refractivity contribution in [3.63, 3.8) is 0 Å². The Hall–Kier alpha value is -1.43.